The Labute approximate surface area is 120 Å². The van der Waals surface area contributed by atoms with E-state index in [4.69, 9.17) is 5.73 Å². The van der Waals surface area contributed by atoms with Gasteiger partial charge in [-0.2, -0.15) is 0 Å². The van der Waals surface area contributed by atoms with Crippen LogP contribution in [-0.4, -0.2) is 23.2 Å². The number of nitrogen functional groups attached to an aromatic ring is 1. The topological polar surface area (TPSA) is 75.3 Å². The van der Waals surface area contributed by atoms with Gasteiger partial charge in [0.2, 0.25) is 0 Å². The highest BCUT2D eigenvalue weighted by molar-refractivity contribution is 9.10. The number of nitrogens with two attached hydrogens (primary N) is 1. The summed E-state index contributed by atoms with van der Waals surface area (Å²) in [6, 6.07) is 2.42. The standard InChI is InChI=1S/C13H18BrFN2O2/c1-3-13(19,4-2)7-17-12(18)8-5-11(16)10(15)6-9(8)14/h5-6,19H,3-4,7,16H2,1-2H3,(H,17,18). The van der Waals surface area contributed by atoms with Gasteiger partial charge in [-0.25, -0.2) is 4.39 Å². The van der Waals surface area contributed by atoms with Gasteiger partial charge in [0.15, 0.2) is 0 Å². The van der Waals surface area contributed by atoms with Crippen molar-refractivity contribution in [2.24, 2.45) is 0 Å². The maximum absolute atomic E-state index is 13.2. The normalized spacial score (nSPS) is 11.4. The highest BCUT2D eigenvalue weighted by atomic mass is 79.9. The molecular weight excluding hydrogens is 315 g/mol. The van der Waals surface area contributed by atoms with E-state index in [1.807, 2.05) is 13.8 Å². The Kier molecular flexibility index (Phi) is 5.31. The Hall–Kier alpha value is -1.14. The summed E-state index contributed by atoms with van der Waals surface area (Å²) in [5.74, 6) is -0.985. The van der Waals surface area contributed by atoms with Crippen molar-refractivity contribution >= 4 is 27.5 Å². The molecule has 0 bridgehead atoms. The van der Waals surface area contributed by atoms with Gasteiger partial charge in [-0.15, -0.1) is 0 Å². The lowest BCUT2D eigenvalue weighted by Gasteiger charge is -2.25. The van der Waals surface area contributed by atoms with Crippen molar-refractivity contribution < 1.29 is 14.3 Å². The molecule has 1 amide bonds. The van der Waals surface area contributed by atoms with Crippen molar-refractivity contribution in [2.75, 3.05) is 12.3 Å². The Morgan fingerprint density at radius 2 is 2.05 bits per heavy atom. The van der Waals surface area contributed by atoms with Gasteiger partial charge in [-0.3, -0.25) is 4.79 Å². The van der Waals surface area contributed by atoms with Gasteiger partial charge < -0.3 is 16.2 Å². The van der Waals surface area contributed by atoms with Crippen molar-refractivity contribution in [2.45, 2.75) is 32.3 Å². The number of hydrogen-bond donors (Lipinski definition) is 3. The van der Waals surface area contributed by atoms with Crippen molar-refractivity contribution in [1.29, 1.82) is 0 Å². The second-order valence-corrected chi connectivity index (χ2v) is 5.32. The minimum atomic E-state index is -0.923. The van der Waals surface area contributed by atoms with Crippen LogP contribution in [0.2, 0.25) is 0 Å². The second-order valence-electron chi connectivity index (χ2n) is 4.47. The summed E-state index contributed by atoms with van der Waals surface area (Å²) < 4.78 is 13.5. The zero-order valence-corrected chi connectivity index (χ0v) is 12.6. The van der Waals surface area contributed by atoms with Crippen LogP contribution in [0.15, 0.2) is 16.6 Å². The number of carbonyl (C=O) groups is 1. The van der Waals surface area contributed by atoms with Gasteiger partial charge >= 0.3 is 0 Å². The van der Waals surface area contributed by atoms with Gasteiger partial charge in [0.05, 0.1) is 16.9 Å². The Balaban J connectivity index is 2.82. The molecule has 106 valence electrons. The molecule has 0 spiro atoms. The molecule has 0 unspecified atom stereocenters. The smallest absolute Gasteiger partial charge is 0.252 e. The lowest BCUT2D eigenvalue weighted by atomic mass is 9.97. The summed E-state index contributed by atoms with van der Waals surface area (Å²) in [4.78, 5) is 12.0. The Bertz CT molecular complexity index is 476. The molecule has 0 radical (unpaired) electrons. The van der Waals surface area contributed by atoms with E-state index in [0.29, 0.717) is 17.3 Å². The zero-order valence-electron chi connectivity index (χ0n) is 11.0. The minimum Gasteiger partial charge on any atom is -0.396 e. The summed E-state index contributed by atoms with van der Waals surface area (Å²) >= 11 is 3.12. The molecule has 4 N–H and O–H groups in total. The first-order valence-electron chi connectivity index (χ1n) is 6.08. The quantitative estimate of drug-likeness (QED) is 0.725. The fraction of sp³-hybridized carbons (Fsp3) is 0.462. The monoisotopic (exact) mass is 332 g/mol. The predicted octanol–water partition coefficient (Wildman–Crippen LogP) is 2.45. The third-order valence-electron chi connectivity index (χ3n) is 3.23. The molecule has 0 fully saturated rings. The highest BCUT2D eigenvalue weighted by Crippen LogP contribution is 2.23. The molecule has 0 aliphatic heterocycles. The number of nitrogens with one attached hydrogen (secondary N) is 1. The molecule has 1 rings (SSSR count). The van der Waals surface area contributed by atoms with E-state index in [0.717, 1.165) is 6.07 Å². The zero-order chi connectivity index (χ0) is 14.6. The van der Waals surface area contributed by atoms with Crippen LogP contribution in [0.5, 0.6) is 0 Å². The number of rotatable bonds is 5. The average molecular weight is 333 g/mol. The van der Waals surface area contributed by atoms with Crippen LogP contribution in [0.4, 0.5) is 10.1 Å². The van der Waals surface area contributed by atoms with Crippen LogP contribution < -0.4 is 11.1 Å². The number of benzene rings is 1. The molecule has 19 heavy (non-hydrogen) atoms. The first kappa shape index (κ1) is 15.9. The summed E-state index contributed by atoms with van der Waals surface area (Å²) in [6.45, 7) is 3.84. The van der Waals surface area contributed by atoms with Gasteiger partial charge in [-0.05, 0) is 40.9 Å². The van der Waals surface area contributed by atoms with Crippen LogP contribution in [0.3, 0.4) is 0 Å². The van der Waals surface area contributed by atoms with Crippen LogP contribution in [0.1, 0.15) is 37.0 Å². The van der Waals surface area contributed by atoms with E-state index in [1.54, 1.807) is 0 Å². The van der Waals surface area contributed by atoms with Crippen molar-refractivity contribution in [3.05, 3.63) is 28.0 Å². The Morgan fingerprint density at radius 1 is 1.47 bits per heavy atom. The summed E-state index contributed by atoms with van der Waals surface area (Å²) in [6.07, 6.45) is 1.08. The highest BCUT2D eigenvalue weighted by Gasteiger charge is 2.23. The summed E-state index contributed by atoms with van der Waals surface area (Å²) in [5.41, 5.74) is 4.67. The van der Waals surface area contributed by atoms with E-state index >= 15 is 0 Å². The van der Waals surface area contributed by atoms with E-state index in [9.17, 15) is 14.3 Å². The number of anilines is 1. The molecule has 0 aliphatic rings. The molecule has 0 heterocycles. The van der Waals surface area contributed by atoms with Crippen LogP contribution >= 0.6 is 15.9 Å². The van der Waals surface area contributed by atoms with Crippen LogP contribution in [-0.2, 0) is 0 Å². The summed E-state index contributed by atoms with van der Waals surface area (Å²) in [7, 11) is 0. The molecule has 0 aliphatic carbocycles. The number of amides is 1. The van der Waals surface area contributed by atoms with E-state index in [-0.39, 0.29) is 17.8 Å². The van der Waals surface area contributed by atoms with Crippen molar-refractivity contribution in [3.63, 3.8) is 0 Å². The van der Waals surface area contributed by atoms with Crippen molar-refractivity contribution in [1.82, 2.24) is 5.32 Å². The predicted molar refractivity (Wildman–Crippen MR) is 76.4 cm³/mol. The fourth-order valence-electron chi connectivity index (χ4n) is 1.58. The van der Waals surface area contributed by atoms with E-state index < -0.39 is 17.3 Å². The molecule has 0 saturated heterocycles. The number of halogens is 2. The SMILES string of the molecule is CCC(O)(CC)CNC(=O)c1cc(N)c(F)cc1Br. The molecule has 1 aromatic carbocycles. The first-order chi connectivity index (χ1) is 8.83. The van der Waals surface area contributed by atoms with E-state index in [2.05, 4.69) is 21.2 Å². The molecule has 6 heteroatoms. The molecule has 0 saturated carbocycles. The maximum atomic E-state index is 13.2. The second kappa shape index (κ2) is 6.34. The number of carbonyl (C=O) groups excluding carboxylic acids is 1. The minimum absolute atomic E-state index is 0.0883. The van der Waals surface area contributed by atoms with Gasteiger partial charge in [0, 0.05) is 11.0 Å². The molecule has 0 aromatic heterocycles. The largest absolute Gasteiger partial charge is 0.396 e. The molecule has 1 aromatic rings. The van der Waals surface area contributed by atoms with Gasteiger partial charge in [-0.1, -0.05) is 13.8 Å². The lowest BCUT2D eigenvalue weighted by Crippen LogP contribution is -2.42. The first-order valence-corrected chi connectivity index (χ1v) is 6.87. The fourth-order valence-corrected chi connectivity index (χ4v) is 2.08. The van der Waals surface area contributed by atoms with Gasteiger partial charge in [0.1, 0.15) is 5.82 Å². The molecular formula is C13H18BrFN2O2. The van der Waals surface area contributed by atoms with Crippen LogP contribution in [0, 0.1) is 5.82 Å². The molecule has 4 nitrogen and oxygen atoms in total. The van der Waals surface area contributed by atoms with Crippen molar-refractivity contribution in [3.8, 4) is 0 Å². The number of hydrogen-bond acceptors (Lipinski definition) is 3. The summed E-state index contributed by atoms with van der Waals surface area (Å²) in [5, 5.41) is 12.7. The van der Waals surface area contributed by atoms with E-state index in [1.165, 1.54) is 6.07 Å². The Morgan fingerprint density at radius 3 is 2.58 bits per heavy atom. The average Bonchev–Trinajstić information content (AvgIpc) is 2.39. The molecule has 0 atom stereocenters. The van der Waals surface area contributed by atoms with Crippen LogP contribution in [0.25, 0.3) is 0 Å². The third kappa shape index (κ3) is 3.91. The number of aliphatic hydroxyl groups is 1. The third-order valence-corrected chi connectivity index (χ3v) is 3.88. The van der Waals surface area contributed by atoms with Gasteiger partial charge in [0.25, 0.3) is 5.91 Å². The lowest BCUT2D eigenvalue weighted by molar-refractivity contribution is 0.0314. The maximum Gasteiger partial charge on any atom is 0.252 e.